The van der Waals surface area contributed by atoms with Gasteiger partial charge in [0.05, 0.1) is 17.7 Å². The van der Waals surface area contributed by atoms with Crippen molar-refractivity contribution in [1.29, 1.82) is 0 Å². The first-order chi connectivity index (χ1) is 15.1. The van der Waals surface area contributed by atoms with Crippen LogP contribution < -0.4 is 15.8 Å². The summed E-state index contributed by atoms with van der Waals surface area (Å²) in [5, 5.41) is 11.9. The molecule has 0 saturated carbocycles. The molecule has 0 unspecified atom stereocenters. The third-order valence-electron chi connectivity index (χ3n) is 4.64. The van der Waals surface area contributed by atoms with Gasteiger partial charge in [0.2, 0.25) is 5.91 Å². The molecule has 0 spiro atoms. The normalized spacial score (nSPS) is 12.4. The van der Waals surface area contributed by atoms with Crippen molar-refractivity contribution in [3.8, 4) is 5.75 Å². The molecule has 3 rings (SSSR count). The minimum absolute atomic E-state index is 0.146. The number of aromatic nitrogens is 2. The van der Waals surface area contributed by atoms with Crippen LogP contribution in [0.4, 0.5) is 13.2 Å². The lowest BCUT2D eigenvalue weighted by Crippen LogP contribution is -2.47. The Morgan fingerprint density at radius 3 is 2.66 bits per heavy atom. The van der Waals surface area contributed by atoms with E-state index in [4.69, 9.17) is 10.5 Å². The summed E-state index contributed by atoms with van der Waals surface area (Å²) in [6.07, 6.45) is -2.12. The number of alkyl halides is 3. The number of hydrogen-bond acceptors (Lipinski definition) is 6. The van der Waals surface area contributed by atoms with Gasteiger partial charge in [0, 0.05) is 23.3 Å². The van der Waals surface area contributed by atoms with Gasteiger partial charge in [-0.25, -0.2) is 0 Å². The standard InChI is InChI=1S/C21H19F3N4O4/c1-11-8-27-15-5-4-13(32-10-12-3-2-6-26-18(12)21(22,23)24)7-14(15)17(11)20(31)28-16(9-29)19(25)30/h2-8,16,29H,9-10H2,1H3,(H2,25,30)(H,28,31)/t16-/m0/s1. The Kier molecular flexibility index (Phi) is 6.58. The number of halogens is 3. The molecule has 0 aliphatic heterocycles. The number of primary amides is 1. The fourth-order valence-corrected chi connectivity index (χ4v) is 3.07. The quantitative estimate of drug-likeness (QED) is 0.508. The van der Waals surface area contributed by atoms with Gasteiger partial charge in [-0.15, -0.1) is 0 Å². The van der Waals surface area contributed by atoms with Gasteiger partial charge >= 0.3 is 6.18 Å². The van der Waals surface area contributed by atoms with Crippen molar-refractivity contribution in [1.82, 2.24) is 15.3 Å². The number of pyridine rings is 2. The minimum Gasteiger partial charge on any atom is -0.489 e. The molecule has 168 valence electrons. The molecule has 11 heteroatoms. The van der Waals surface area contributed by atoms with Crippen LogP contribution in [0.1, 0.15) is 27.2 Å². The zero-order chi connectivity index (χ0) is 23.5. The maximum absolute atomic E-state index is 13.1. The smallest absolute Gasteiger partial charge is 0.433 e. The van der Waals surface area contributed by atoms with E-state index in [0.29, 0.717) is 16.5 Å². The van der Waals surface area contributed by atoms with Crippen LogP contribution in [-0.2, 0) is 17.6 Å². The molecule has 8 nitrogen and oxygen atoms in total. The summed E-state index contributed by atoms with van der Waals surface area (Å²) in [7, 11) is 0. The molecule has 32 heavy (non-hydrogen) atoms. The number of ether oxygens (including phenoxy) is 1. The number of rotatable bonds is 7. The maximum atomic E-state index is 13.1. The van der Waals surface area contributed by atoms with Crippen molar-refractivity contribution < 1.29 is 32.6 Å². The third-order valence-corrected chi connectivity index (χ3v) is 4.64. The molecular weight excluding hydrogens is 429 g/mol. The Morgan fingerprint density at radius 2 is 2.00 bits per heavy atom. The first-order valence-corrected chi connectivity index (χ1v) is 9.36. The number of amides is 2. The van der Waals surface area contributed by atoms with Crippen LogP contribution in [0.2, 0.25) is 0 Å². The Morgan fingerprint density at radius 1 is 1.25 bits per heavy atom. The van der Waals surface area contributed by atoms with Crippen LogP contribution in [-0.4, -0.2) is 39.5 Å². The molecule has 3 aromatic rings. The van der Waals surface area contributed by atoms with Gasteiger partial charge in [-0.1, -0.05) is 6.07 Å². The zero-order valence-corrected chi connectivity index (χ0v) is 16.8. The van der Waals surface area contributed by atoms with Crippen molar-refractivity contribution >= 4 is 22.7 Å². The fraction of sp³-hybridized carbons (Fsp3) is 0.238. The van der Waals surface area contributed by atoms with E-state index in [1.807, 2.05) is 0 Å². The lowest BCUT2D eigenvalue weighted by molar-refractivity contribution is -0.142. The van der Waals surface area contributed by atoms with Gasteiger partial charge in [-0.05, 0) is 36.8 Å². The van der Waals surface area contributed by atoms with Crippen molar-refractivity contribution in [2.45, 2.75) is 25.7 Å². The first-order valence-electron chi connectivity index (χ1n) is 9.36. The van der Waals surface area contributed by atoms with Crippen molar-refractivity contribution in [2.75, 3.05) is 6.61 Å². The van der Waals surface area contributed by atoms with Gasteiger partial charge in [0.1, 0.15) is 18.4 Å². The molecule has 2 heterocycles. The number of nitrogens with zero attached hydrogens (tertiary/aromatic N) is 2. The summed E-state index contributed by atoms with van der Waals surface area (Å²) >= 11 is 0. The van der Waals surface area contributed by atoms with E-state index < -0.39 is 42.9 Å². The number of nitrogens with one attached hydrogen (secondary N) is 1. The van der Waals surface area contributed by atoms with E-state index in [-0.39, 0.29) is 16.9 Å². The number of nitrogens with two attached hydrogens (primary N) is 1. The molecule has 0 fully saturated rings. The Labute approximate surface area is 180 Å². The lowest BCUT2D eigenvalue weighted by atomic mass is 10.0. The highest BCUT2D eigenvalue weighted by atomic mass is 19.4. The summed E-state index contributed by atoms with van der Waals surface area (Å²) in [4.78, 5) is 31.7. The van der Waals surface area contributed by atoms with E-state index in [1.165, 1.54) is 30.5 Å². The number of aliphatic hydroxyl groups is 1. The van der Waals surface area contributed by atoms with E-state index in [0.717, 1.165) is 6.20 Å². The summed E-state index contributed by atoms with van der Waals surface area (Å²) in [5.74, 6) is -1.38. The Hall–Kier alpha value is -3.73. The number of hydrogen-bond donors (Lipinski definition) is 3. The molecule has 1 atom stereocenters. The van der Waals surface area contributed by atoms with E-state index >= 15 is 0 Å². The van der Waals surface area contributed by atoms with Gasteiger partial charge in [-0.3, -0.25) is 19.6 Å². The third kappa shape index (κ3) is 4.94. The number of aliphatic hydroxyl groups excluding tert-OH is 1. The zero-order valence-electron chi connectivity index (χ0n) is 16.8. The second kappa shape index (κ2) is 9.18. The van der Waals surface area contributed by atoms with Crippen molar-refractivity contribution in [2.24, 2.45) is 5.73 Å². The average molecular weight is 448 g/mol. The average Bonchev–Trinajstić information content (AvgIpc) is 2.74. The molecule has 0 aliphatic rings. The van der Waals surface area contributed by atoms with Crippen LogP contribution >= 0.6 is 0 Å². The SMILES string of the molecule is Cc1cnc2ccc(OCc3cccnc3C(F)(F)F)cc2c1C(=O)N[C@@H](CO)C(N)=O. The monoisotopic (exact) mass is 448 g/mol. The number of carbonyl (C=O) groups is 2. The molecule has 2 amide bonds. The van der Waals surface area contributed by atoms with Crippen molar-refractivity contribution in [3.05, 3.63) is 65.1 Å². The predicted molar refractivity (Wildman–Crippen MR) is 108 cm³/mol. The lowest BCUT2D eigenvalue weighted by Gasteiger charge is -2.16. The van der Waals surface area contributed by atoms with Gasteiger partial charge in [0.25, 0.3) is 5.91 Å². The summed E-state index contributed by atoms with van der Waals surface area (Å²) in [5.41, 5.74) is 5.03. The fourth-order valence-electron chi connectivity index (χ4n) is 3.07. The highest BCUT2D eigenvalue weighted by Crippen LogP contribution is 2.31. The number of carbonyl (C=O) groups excluding carboxylic acids is 2. The summed E-state index contributed by atoms with van der Waals surface area (Å²) in [6.45, 7) is 0.547. The number of aryl methyl sites for hydroxylation is 1. The van der Waals surface area contributed by atoms with E-state index in [1.54, 1.807) is 13.0 Å². The number of fused-ring (bicyclic) bond motifs is 1. The molecule has 0 saturated heterocycles. The second-order valence-electron chi connectivity index (χ2n) is 6.90. The summed E-state index contributed by atoms with van der Waals surface area (Å²) < 4.78 is 44.9. The Bertz CT molecular complexity index is 1170. The number of benzene rings is 1. The molecule has 0 bridgehead atoms. The molecule has 1 aromatic carbocycles. The first kappa shape index (κ1) is 22.9. The van der Waals surface area contributed by atoms with Gasteiger partial charge in [0.15, 0.2) is 5.69 Å². The molecule has 0 radical (unpaired) electrons. The van der Waals surface area contributed by atoms with Gasteiger partial charge < -0.3 is 20.9 Å². The van der Waals surface area contributed by atoms with Crippen LogP contribution in [0.15, 0.2) is 42.7 Å². The molecule has 0 aliphatic carbocycles. The Balaban J connectivity index is 1.93. The summed E-state index contributed by atoms with van der Waals surface area (Å²) in [6, 6.07) is 5.88. The second-order valence-corrected chi connectivity index (χ2v) is 6.90. The van der Waals surface area contributed by atoms with E-state index in [2.05, 4.69) is 15.3 Å². The molecular formula is C21H19F3N4O4. The maximum Gasteiger partial charge on any atom is 0.433 e. The largest absolute Gasteiger partial charge is 0.489 e. The van der Waals surface area contributed by atoms with Crippen LogP contribution in [0.3, 0.4) is 0 Å². The van der Waals surface area contributed by atoms with Crippen LogP contribution in [0.25, 0.3) is 10.9 Å². The van der Waals surface area contributed by atoms with Crippen LogP contribution in [0, 0.1) is 6.92 Å². The highest BCUT2D eigenvalue weighted by molar-refractivity contribution is 6.08. The molecule has 2 aromatic heterocycles. The minimum atomic E-state index is -4.63. The van der Waals surface area contributed by atoms with Crippen LogP contribution in [0.5, 0.6) is 5.75 Å². The topological polar surface area (TPSA) is 127 Å². The van der Waals surface area contributed by atoms with Gasteiger partial charge in [-0.2, -0.15) is 13.2 Å². The predicted octanol–water partition coefficient (Wildman–Crippen LogP) is 2.11. The van der Waals surface area contributed by atoms with E-state index in [9.17, 15) is 27.9 Å². The highest BCUT2D eigenvalue weighted by Gasteiger charge is 2.35. The molecule has 4 N–H and O–H groups in total. The van der Waals surface area contributed by atoms with Crippen molar-refractivity contribution in [3.63, 3.8) is 0 Å².